The second-order valence-electron chi connectivity index (χ2n) is 8.36. The molecule has 1 saturated heterocycles. The number of hydrogen-bond acceptors (Lipinski definition) is 2. The van der Waals surface area contributed by atoms with E-state index in [1.807, 2.05) is 0 Å². The van der Waals surface area contributed by atoms with Crippen LogP contribution in [0.4, 0.5) is 0 Å². The lowest BCUT2D eigenvalue weighted by Gasteiger charge is -2.54. The predicted octanol–water partition coefficient (Wildman–Crippen LogP) is 4.11. The van der Waals surface area contributed by atoms with Gasteiger partial charge in [-0.15, -0.1) is 0 Å². The second-order valence-corrected chi connectivity index (χ2v) is 8.36. The molecule has 0 saturated carbocycles. The molecule has 0 bridgehead atoms. The lowest BCUT2D eigenvalue weighted by molar-refractivity contribution is -0.153. The fourth-order valence-corrected chi connectivity index (χ4v) is 3.43. The van der Waals surface area contributed by atoms with Gasteiger partial charge in [0.05, 0.1) is 5.54 Å². The molecule has 0 aromatic carbocycles. The molecule has 0 unspecified atom stereocenters. The van der Waals surface area contributed by atoms with Crippen LogP contribution in [0.15, 0.2) is 0 Å². The molecule has 1 aliphatic heterocycles. The Morgan fingerprint density at radius 2 is 1.57 bits per heavy atom. The van der Waals surface area contributed by atoms with Crippen molar-refractivity contribution < 1.29 is 4.79 Å². The van der Waals surface area contributed by atoms with E-state index in [9.17, 15) is 4.79 Å². The lowest BCUT2D eigenvalue weighted by atomic mass is 9.78. The Bertz CT molecular complexity index is 347. The number of nitrogens with zero attached hydrogens (tertiary/aromatic N) is 1. The Labute approximate surface area is 131 Å². The van der Waals surface area contributed by atoms with E-state index in [-0.39, 0.29) is 16.6 Å². The highest BCUT2D eigenvalue weighted by Crippen LogP contribution is 2.34. The monoisotopic (exact) mass is 296 g/mol. The minimum atomic E-state index is -0.360. The van der Waals surface area contributed by atoms with Gasteiger partial charge in [-0.05, 0) is 47.5 Å². The fraction of sp³-hybridized carbons (Fsp3) is 0.944. The molecule has 0 aromatic heterocycles. The van der Waals surface area contributed by atoms with E-state index >= 15 is 0 Å². The maximum atomic E-state index is 13.3. The lowest BCUT2D eigenvalue weighted by Crippen LogP contribution is -2.74. The number of carbonyl (C=O) groups is 1. The first-order valence-corrected chi connectivity index (χ1v) is 8.69. The van der Waals surface area contributed by atoms with E-state index in [1.165, 1.54) is 0 Å². The van der Waals surface area contributed by atoms with Gasteiger partial charge in [-0.2, -0.15) is 0 Å². The van der Waals surface area contributed by atoms with Crippen molar-refractivity contribution in [3.63, 3.8) is 0 Å². The molecule has 0 spiro atoms. The van der Waals surface area contributed by atoms with Gasteiger partial charge in [-0.25, -0.2) is 0 Å². The first-order valence-electron chi connectivity index (χ1n) is 8.69. The molecule has 124 valence electrons. The number of unbranched alkanes of at least 4 members (excludes halogenated alkanes) is 2. The quantitative estimate of drug-likeness (QED) is 0.800. The van der Waals surface area contributed by atoms with Gasteiger partial charge in [0.1, 0.15) is 0 Å². The number of carbonyl (C=O) groups excluding carboxylic acids is 1. The Hall–Kier alpha value is -0.570. The maximum absolute atomic E-state index is 13.3. The molecule has 0 radical (unpaired) electrons. The molecule has 1 amide bonds. The number of amides is 1. The molecule has 3 nitrogen and oxygen atoms in total. The van der Waals surface area contributed by atoms with Crippen LogP contribution in [0.1, 0.15) is 87.0 Å². The van der Waals surface area contributed by atoms with E-state index in [0.29, 0.717) is 5.91 Å². The van der Waals surface area contributed by atoms with Crippen molar-refractivity contribution in [3.8, 4) is 0 Å². The predicted molar refractivity (Wildman–Crippen MR) is 90.5 cm³/mol. The van der Waals surface area contributed by atoms with Crippen molar-refractivity contribution in [2.24, 2.45) is 0 Å². The normalized spacial score (nSPS) is 21.7. The zero-order chi connectivity index (χ0) is 16.3. The fourth-order valence-electron chi connectivity index (χ4n) is 3.43. The minimum Gasteiger partial charge on any atom is -0.334 e. The number of hydrogen-bond donors (Lipinski definition) is 1. The molecule has 21 heavy (non-hydrogen) atoms. The zero-order valence-corrected chi connectivity index (χ0v) is 15.3. The SMILES string of the molecule is CCCCC1(CCCC)NC(C)(C)CN(C(C)(C)C)C1=O. The summed E-state index contributed by atoms with van der Waals surface area (Å²) in [6.07, 6.45) is 6.40. The van der Waals surface area contributed by atoms with E-state index in [2.05, 4.69) is 58.7 Å². The summed E-state index contributed by atoms with van der Waals surface area (Å²) in [4.78, 5) is 15.4. The number of rotatable bonds is 6. The van der Waals surface area contributed by atoms with Crippen molar-refractivity contribution in [1.29, 1.82) is 0 Å². The van der Waals surface area contributed by atoms with Crippen molar-refractivity contribution in [1.82, 2.24) is 10.2 Å². The van der Waals surface area contributed by atoms with Gasteiger partial charge in [0, 0.05) is 17.6 Å². The molecule has 1 aliphatic rings. The van der Waals surface area contributed by atoms with Crippen molar-refractivity contribution in [2.75, 3.05) is 6.54 Å². The third-order valence-electron chi connectivity index (χ3n) is 4.51. The van der Waals surface area contributed by atoms with Crippen LogP contribution < -0.4 is 5.32 Å². The summed E-state index contributed by atoms with van der Waals surface area (Å²) < 4.78 is 0. The highest BCUT2D eigenvalue weighted by atomic mass is 16.2. The van der Waals surface area contributed by atoms with Crippen molar-refractivity contribution in [3.05, 3.63) is 0 Å². The molecule has 0 aliphatic carbocycles. The maximum Gasteiger partial charge on any atom is 0.243 e. The van der Waals surface area contributed by atoms with Crippen LogP contribution in [0.5, 0.6) is 0 Å². The Morgan fingerprint density at radius 1 is 1.10 bits per heavy atom. The highest BCUT2D eigenvalue weighted by Gasteiger charge is 2.50. The zero-order valence-electron chi connectivity index (χ0n) is 15.3. The summed E-state index contributed by atoms with van der Waals surface area (Å²) in [5, 5.41) is 3.74. The summed E-state index contributed by atoms with van der Waals surface area (Å²) in [7, 11) is 0. The largest absolute Gasteiger partial charge is 0.334 e. The van der Waals surface area contributed by atoms with Crippen LogP contribution in [0.2, 0.25) is 0 Å². The summed E-state index contributed by atoms with van der Waals surface area (Å²) in [6, 6.07) is 0. The van der Waals surface area contributed by atoms with E-state index in [4.69, 9.17) is 0 Å². The van der Waals surface area contributed by atoms with Crippen molar-refractivity contribution in [2.45, 2.75) is 104 Å². The molecular formula is C18H36N2O. The summed E-state index contributed by atoms with van der Waals surface area (Å²) >= 11 is 0. The standard InChI is InChI=1S/C18H36N2O/c1-8-10-12-18(13-11-9-2)15(21)20(16(3,4)5)14-17(6,7)19-18/h19H,8-14H2,1-7H3. The molecule has 1 rings (SSSR count). The topological polar surface area (TPSA) is 32.3 Å². The first-order chi connectivity index (χ1) is 9.58. The van der Waals surface area contributed by atoms with Crippen LogP contribution >= 0.6 is 0 Å². The van der Waals surface area contributed by atoms with E-state index < -0.39 is 0 Å². The van der Waals surface area contributed by atoms with Gasteiger partial charge < -0.3 is 4.90 Å². The van der Waals surface area contributed by atoms with Crippen molar-refractivity contribution >= 4 is 5.91 Å². The van der Waals surface area contributed by atoms with E-state index in [0.717, 1.165) is 45.1 Å². The molecular weight excluding hydrogens is 260 g/mol. The van der Waals surface area contributed by atoms with Crippen LogP contribution in [0.3, 0.4) is 0 Å². The number of piperazine rings is 1. The van der Waals surface area contributed by atoms with Crippen LogP contribution in [-0.4, -0.2) is 34.0 Å². The highest BCUT2D eigenvalue weighted by molar-refractivity contribution is 5.88. The van der Waals surface area contributed by atoms with Crippen LogP contribution in [0.25, 0.3) is 0 Å². The molecule has 1 heterocycles. The molecule has 1 fully saturated rings. The van der Waals surface area contributed by atoms with Gasteiger partial charge >= 0.3 is 0 Å². The van der Waals surface area contributed by atoms with Gasteiger partial charge in [0.2, 0.25) is 5.91 Å². The summed E-state index contributed by atoms with van der Waals surface area (Å²) in [5.74, 6) is 0.316. The second kappa shape index (κ2) is 6.68. The van der Waals surface area contributed by atoms with Gasteiger partial charge in [0.25, 0.3) is 0 Å². The van der Waals surface area contributed by atoms with Gasteiger partial charge in [0.15, 0.2) is 0 Å². The summed E-state index contributed by atoms with van der Waals surface area (Å²) in [5.41, 5.74) is -0.496. The third kappa shape index (κ3) is 4.45. The average Bonchev–Trinajstić information content (AvgIpc) is 2.36. The minimum absolute atomic E-state index is 0.0251. The number of nitrogens with one attached hydrogen (secondary N) is 1. The first kappa shape index (κ1) is 18.5. The molecule has 0 aromatic rings. The van der Waals surface area contributed by atoms with Crippen LogP contribution in [-0.2, 0) is 4.79 Å². The van der Waals surface area contributed by atoms with Gasteiger partial charge in [-0.3, -0.25) is 10.1 Å². The Morgan fingerprint density at radius 3 is 1.95 bits per heavy atom. The van der Waals surface area contributed by atoms with Gasteiger partial charge in [-0.1, -0.05) is 39.5 Å². The van der Waals surface area contributed by atoms with E-state index in [1.54, 1.807) is 0 Å². The molecule has 0 atom stereocenters. The third-order valence-corrected chi connectivity index (χ3v) is 4.51. The average molecular weight is 296 g/mol. The Kier molecular flexibility index (Phi) is 5.88. The molecule has 1 N–H and O–H groups in total. The molecule has 3 heteroatoms. The van der Waals surface area contributed by atoms with Crippen LogP contribution in [0, 0.1) is 0 Å². The Balaban J connectivity index is 3.14. The smallest absolute Gasteiger partial charge is 0.243 e. The summed E-state index contributed by atoms with van der Waals surface area (Å²) in [6.45, 7) is 16.1.